The van der Waals surface area contributed by atoms with Gasteiger partial charge in [0, 0.05) is 13.1 Å². The summed E-state index contributed by atoms with van der Waals surface area (Å²) >= 11 is 0. The van der Waals surface area contributed by atoms with Crippen LogP contribution in [0.1, 0.15) is 11.3 Å². The van der Waals surface area contributed by atoms with E-state index >= 15 is 0 Å². The number of halogens is 3. The second-order valence-electron chi connectivity index (χ2n) is 5.86. The molecule has 0 aliphatic rings. The molecular weight excluding hydrogens is 389 g/mol. The molecule has 7 nitrogen and oxygen atoms in total. The highest BCUT2D eigenvalue weighted by Gasteiger charge is 2.35. The molecule has 27 heavy (non-hydrogen) atoms. The summed E-state index contributed by atoms with van der Waals surface area (Å²) in [4.78, 5) is 0. The molecule has 2 aromatic rings. The molecule has 0 amide bonds. The normalized spacial score (nSPS) is 13.4. The van der Waals surface area contributed by atoms with Crippen molar-refractivity contribution in [2.75, 3.05) is 19.5 Å². The number of aliphatic hydroxyl groups is 1. The molecule has 0 aliphatic carbocycles. The maximum atomic E-state index is 12.7. The topological polar surface area (TPSA) is 90.7 Å². The van der Waals surface area contributed by atoms with Gasteiger partial charge in [-0.3, -0.25) is 4.68 Å². The lowest BCUT2D eigenvalue weighted by molar-refractivity contribution is -0.143. The molecule has 0 spiro atoms. The number of methoxy groups -OCH3 is 1. The van der Waals surface area contributed by atoms with Crippen LogP contribution in [0.15, 0.2) is 30.3 Å². The lowest BCUT2D eigenvalue weighted by Gasteiger charge is -2.12. The molecule has 1 heterocycles. The van der Waals surface area contributed by atoms with Crippen LogP contribution in [0.4, 0.5) is 13.2 Å². The van der Waals surface area contributed by atoms with Crippen LogP contribution in [0.5, 0.6) is 11.6 Å². The van der Waals surface area contributed by atoms with Crippen LogP contribution in [0, 0.1) is 0 Å². The van der Waals surface area contributed by atoms with Crippen LogP contribution in [0.25, 0.3) is 0 Å². The van der Waals surface area contributed by atoms with Gasteiger partial charge in [0.05, 0.1) is 18.6 Å². The number of ether oxygens (including phenoxy) is 2. The number of nitrogens with zero attached hydrogens (tertiary/aromatic N) is 2. The molecule has 0 bridgehead atoms. The summed E-state index contributed by atoms with van der Waals surface area (Å²) in [6.07, 6.45) is -6.01. The number of aromatic nitrogens is 2. The predicted molar refractivity (Wildman–Crippen MR) is 90.2 cm³/mol. The third-order valence-electron chi connectivity index (χ3n) is 3.56. The summed E-state index contributed by atoms with van der Waals surface area (Å²) in [5, 5.41) is 13.4. The van der Waals surface area contributed by atoms with Gasteiger partial charge in [0.2, 0.25) is 5.88 Å². The molecule has 150 valence electrons. The summed E-state index contributed by atoms with van der Waals surface area (Å²) in [6.45, 7) is -0.504. The quantitative estimate of drug-likeness (QED) is 0.716. The van der Waals surface area contributed by atoms with E-state index in [1.807, 2.05) is 0 Å². The van der Waals surface area contributed by atoms with E-state index in [9.17, 15) is 26.7 Å². The van der Waals surface area contributed by atoms with Crippen molar-refractivity contribution in [1.29, 1.82) is 0 Å². The summed E-state index contributed by atoms with van der Waals surface area (Å²) in [5.74, 6) is -0.664. The van der Waals surface area contributed by atoms with Crippen molar-refractivity contribution in [2.24, 2.45) is 7.05 Å². The number of rotatable bonds is 8. The van der Waals surface area contributed by atoms with Crippen molar-refractivity contribution in [3.05, 3.63) is 41.6 Å². The Balaban J connectivity index is 1.91. The number of sulfone groups is 1. The number of hydrogen-bond acceptors (Lipinski definition) is 6. The van der Waals surface area contributed by atoms with Crippen molar-refractivity contribution >= 4 is 9.84 Å². The Kier molecular flexibility index (Phi) is 6.37. The van der Waals surface area contributed by atoms with E-state index in [0.29, 0.717) is 22.1 Å². The zero-order valence-electron chi connectivity index (χ0n) is 14.6. The fourth-order valence-electron chi connectivity index (χ4n) is 2.33. The van der Waals surface area contributed by atoms with Gasteiger partial charge in [0.25, 0.3) is 0 Å². The SMILES string of the molecule is COc1ccc(CS(=O)(=O)C[C@@H](O)COc2cc(C(F)(F)F)n(C)n2)cc1. The van der Waals surface area contributed by atoms with Gasteiger partial charge in [-0.1, -0.05) is 12.1 Å². The smallest absolute Gasteiger partial charge is 0.433 e. The van der Waals surface area contributed by atoms with E-state index in [1.165, 1.54) is 7.11 Å². The maximum absolute atomic E-state index is 12.7. The summed E-state index contributed by atoms with van der Waals surface area (Å²) in [6, 6.07) is 7.09. The van der Waals surface area contributed by atoms with Gasteiger partial charge in [-0.15, -0.1) is 5.10 Å². The molecule has 0 aliphatic heterocycles. The van der Waals surface area contributed by atoms with Crippen molar-refractivity contribution in [2.45, 2.75) is 18.0 Å². The minimum absolute atomic E-state index is 0.296. The molecule has 0 unspecified atom stereocenters. The van der Waals surface area contributed by atoms with E-state index in [1.54, 1.807) is 24.3 Å². The van der Waals surface area contributed by atoms with Crippen LogP contribution < -0.4 is 9.47 Å². The van der Waals surface area contributed by atoms with Gasteiger partial charge in [-0.25, -0.2) is 8.42 Å². The van der Waals surface area contributed by atoms with Gasteiger partial charge in [-0.05, 0) is 17.7 Å². The molecule has 0 radical (unpaired) electrons. The fraction of sp³-hybridized carbons (Fsp3) is 0.438. The van der Waals surface area contributed by atoms with Crippen LogP contribution in [0.3, 0.4) is 0 Å². The second-order valence-corrected chi connectivity index (χ2v) is 7.97. The van der Waals surface area contributed by atoms with Crippen LogP contribution in [-0.4, -0.2) is 48.9 Å². The standard InChI is InChI=1S/C16H19F3N2O5S/c1-21-14(16(17,18)19)7-15(20-21)26-8-12(22)10-27(23,24)9-11-3-5-13(25-2)6-4-11/h3-7,12,22H,8-10H2,1-2H3/t12-/m0/s1. The van der Waals surface area contributed by atoms with Gasteiger partial charge < -0.3 is 14.6 Å². The third kappa shape index (κ3) is 6.14. The molecular formula is C16H19F3N2O5S. The predicted octanol–water partition coefficient (Wildman–Crippen LogP) is 1.80. The van der Waals surface area contributed by atoms with Crippen molar-refractivity contribution < 1.29 is 36.2 Å². The first-order valence-electron chi connectivity index (χ1n) is 7.75. The first-order valence-corrected chi connectivity index (χ1v) is 9.58. The Bertz CT molecular complexity index is 863. The lowest BCUT2D eigenvalue weighted by atomic mass is 10.2. The maximum Gasteiger partial charge on any atom is 0.433 e. The molecule has 2 rings (SSSR count). The summed E-state index contributed by atoms with van der Waals surface area (Å²) in [7, 11) is -1.07. The van der Waals surface area contributed by atoms with Crippen LogP contribution in [0.2, 0.25) is 0 Å². The Morgan fingerprint density at radius 1 is 1.26 bits per heavy atom. The second kappa shape index (κ2) is 8.17. The fourth-order valence-corrected chi connectivity index (χ4v) is 3.83. The Morgan fingerprint density at radius 3 is 2.41 bits per heavy atom. The number of benzene rings is 1. The van der Waals surface area contributed by atoms with Gasteiger partial charge in [0.1, 0.15) is 24.2 Å². The summed E-state index contributed by atoms with van der Waals surface area (Å²) < 4.78 is 72.9. The highest BCUT2D eigenvalue weighted by molar-refractivity contribution is 7.90. The molecule has 1 aromatic heterocycles. The Hall–Kier alpha value is -2.27. The van der Waals surface area contributed by atoms with E-state index in [2.05, 4.69) is 5.10 Å². The minimum Gasteiger partial charge on any atom is -0.497 e. The van der Waals surface area contributed by atoms with Crippen LogP contribution >= 0.6 is 0 Å². The van der Waals surface area contributed by atoms with Crippen LogP contribution in [-0.2, 0) is 28.8 Å². The van der Waals surface area contributed by atoms with Gasteiger partial charge in [-0.2, -0.15) is 13.2 Å². The largest absolute Gasteiger partial charge is 0.497 e. The average Bonchev–Trinajstić information content (AvgIpc) is 2.94. The highest BCUT2D eigenvalue weighted by Crippen LogP contribution is 2.30. The van der Waals surface area contributed by atoms with Crippen molar-refractivity contribution in [3.8, 4) is 11.6 Å². The van der Waals surface area contributed by atoms with Crippen molar-refractivity contribution in [1.82, 2.24) is 9.78 Å². The summed E-state index contributed by atoms with van der Waals surface area (Å²) in [5.41, 5.74) is -0.498. The number of hydrogen-bond donors (Lipinski definition) is 1. The van der Waals surface area contributed by atoms with E-state index in [-0.39, 0.29) is 11.6 Å². The zero-order chi connectivity index (χ0) is 20.2. The van der Waals surface area contributed by atoms with Crippen molar-refractivity contribution in [3.63, 3.8) is 0 Å². The van der Waals surface area contributed by atoms with Gasteiger partial charge in [0.15, 0.2) is 9.84 Å². The Morgan fingerprint density at radius 2 is 1.89 bits per heavy atom. The van der Waals surface area contributed by atoms with E-state index in [0.717, 1.165) is 7.05 Å². The number of aliphatic hydroxyl groups excluding tert-OH is 1. The van der Waals surface area contributed by atoms with E-state index < -0.39 is 40.2 Å². The van der Waals surface area contributed by atoms with Gasteiger partial charge >= 0.3 is 6.18 Å². The molecule has 1 aromatic carbocycles. The molecule has 0 fully saturated rings. The molecule has 11 heteroatoms. The molecule has 1 N–H and O–H groups in total. The zero-order valence-corrected chi connectivity index (χ0v) is 15.4. The molecule has 0 saturated carbocycles. The first-order chi connectivity index (χ1) is 12.5. The number of aryl methyl sites for hydroxylation is 1. The molecule has 1 atom stereocenters. The highest BCUT2D eigenvalue weighted by atomic mass is 32.2. The van der Waals surface area contributed by atoms with E-state index in [4.69, 9.17) is 9.47 Å². The Labute approximate surface area is 154 Å². The first kappa shape index (κ1) is 21.0. The number of alkyl halides is 3. The lowest BCUT2D eigenvalue weighted by Crippen LogP contribution is -2.28. The third-order valence-corrected chi connectivity index (χ3v) is 5.23. The average molecular weight is 408 g/mol. The monoisotopic (exact) mass is 408 g/mol. The molecule has 0 saturated heterocycles. The minimum atomic E-state index is -4.59.